The molecule has 0 atom stereocenters. The van der Waals surface area contributed by atoms with Crippen LogP contribution in [-0.2, 0) is 19.0 Å². The Morgan fingerprint density at radius 2 is 0.806 bits per heavy atom. The van der Waals surface area contributed by atoms with Crippen molar-refractivity contribution >= 4 is 12.1 Å². The Balaban J connectivity index is 0.000000525. The minimum absolute atomic E-state index is 0.0151. The maximum Gasteiger partial charge on any atom is 0.407 e. The molecule has 9 aliphatic heterocycles. The second-order valence-corrected chi connectivity index (χ2v) is 37.2. The van der Waals surface area contributed by atoms with Gasteiger partial charge in [-0.2, -0.15) is 0 Å². The number of carbonyl (C=O) groups is 2. The van der Waals surface area contributed by atoms with E-state index in [2.05, 4.69) is 215 Å². The molecule has 0 aromatic carbocycles. The predicted octanol–water partition coefficient (Wildman–Crippen LogP) is 9.29. The number of aliphatic hydroxyl groups excluding tert-OH is 2. The number of hydrogen-bond donors (Lipinski definition) is 5. The number of nitrogens with two attached hydrogens (primary N) is 1. The van der Waals surface area contributed by atoms with Gasteiger partial charge >= 0.3 is 12.1 Å². The average Bonchev–Trinajstić information content (AvgIpc) is 3.24. The molecule has 9 heterocycles. The van der Waals surface area contributed by atoms with E-state index in [1.54, 1.807) is 12.0 Å². The van der Waals surface area contributed by atoms with Crippen molar-refractivity contribution in [1.29, 1.82) is 0 Å². The van der Waals surface area contributed by atoms with Crippen LogP contribution in [0, 0.1) is 11.8 Å². The van der Waals surface area contributed by atoms with E-state index in [9.17, 15) is 23.5 Å². The molecule has 9 saturated heterocycles. The van der Waals surface area contributed by atoms with Crippen LogP contribution >= 0.6 is 0 Å². The van der Waals surface area contributed by atoms with Gasteiger partial charge in [-0.05, 0) is 213 Å². The Kier molecular flexibility index (Phi) is 33.9. The first-order valence-corrected chi connectivity index (χ1v) is 35.0. The van der Waals surface area contributed by atoms with Gasteiger partial charge in [-0.15, -0.1) is 0 Å². The highest BCUT2D eigenvalue weighted by atomic mass is 19.3. The summed E-state index contributed by atoms with van der Waals surface area (Å²) in [7, 11) is 3.17. The van der Waals surface area contributed by atoms with E-state index in [4.69, 9.17) is 25.4 Å². The number of nitrogens with one attached hydrogen (secondary N) is 1. The fraction of sp³-hybridized carbons (Fsp3) is 0.972. The summed E-state index contributed by atoms with van der Waals surface area (Å²) < 4.78 is 39.5. The fourth-order valence-electron chi connectivity index (χ4n) is 10.4. The van der Waals surface area contributed by atoms with Crippen LogP contribution in [0.2, 0.25) is 0 Å². The highest BCUT2D eigenvalue weighted by Crippen LogP contribution is 2.33. The number of amides is 1. The SMILES string of the molecule is CC(C)(C)N1CC(CO)C1.CC(C)(C)N1CC(F)(F)C1.CC(C)(C)N1CC(N)C1.CC(C)(C)N1CC(O)C1.CC(C)(C)N1CCC1.CC(C)C(=O)OC1CN(C(C)(C)C)C1.CC1(O)CN(C(C)(C)C)C1.COC(=O)NC1CN(C(C)(C)C)C1.COC1CN(C(C)(C)C)C1. The lowest BCUT2D eigenvalue weighted by atomic mass is 9.90. The molecule has 19 nitrogen and oxygen atoms in total. The quantitative estimate of drug-likeness (QED) is 0.164. The zero-order chi connectivity index (χ0) is 72.9. The van der Waals surface area contributed by atoms with Crippen LogP contribution < -0.4 is 11.1 Å². The minimum Gasteiger partial charge on any atom is -0.459 e. The van der Waals surface area contributed by atoms with Gasteiger partial charge in [0.2, 0.25) is 0 Å². The molecule has 21 heteroatoms. The molecule has 0 aliphatic carbocycles. The van der Waals surface area contributed by atoms with E-state index in [0.29, 0.717) is 46.8 Å². The molecule has 0 aromatic rings. The summed E-state index contributed by atoms with van der Waals surface area (Å²) in [5, 5.41) is 29.9. The number of β-amino-alcohol motifs (C(OH)–C–C–N with tert-alkyl or cyclic N) is 2. The van der Waals surface area contributed by atoms with Gasteiger partial charge in [-0.3, -0.25) is 48.9 Å². The Morgan fingerprint density at radius 3 is 1.01 bits per heavy atom. The smallest absolute Gasteiger partial charge is 0.407 e. The molecule has 9 fully saturated rings. The third kappa shape index (κ3) is 33.6. The Hall–Kier alpha value is -1.96. The van der Waals surface area contributed by atoms with Crippen LogP contribution in [0.5, 0.6) is 0 Å². The van der Waals surface area contributed by atoms with Crippen molar-refractivity contribution in [3.63, 3.8) is 0 Å². The van der Waals surface area contributed by atoms with E-state index >= 15 is 0 Å². The van der Waals surface area contributed by atoms with Gasteiger partial charge in [0.1, 0.15) is 6.10 Å². The topological polar surface area (TPSA) is 190 Å². The standard InChI is InChI=1S/C11H21NO2.C9H18N2O2.3C8H17NO.C7H13F2N.C7H16N2.C7H15NO.C7H15N/c1-8(2)10(13)14-9-6-12(7-9)11(3,4)5;1-9(2,3)11-5-7(6-11)10-8(12)13-4;1-8(2,3)9-5-7(6-9)10-4;1-8(2,3)9-4-7(5-9)6-10;1-7(2,3)9-5-8(4,10)6-9;1-6(2,3)10-4-7(8,9)5-10;1-7(2,3)9-4-6(8)5-9;1-7(2,3)8-4-6(9)5-8;1-7(2,3)8-5-4-6-8/h8-9H,6-7H2,1-5H3;7H,5-6H2,1-4H3,(H,10,12);7H,5-6H2,1-4H3;7,10H,4-6H2,1-3H3;10H,5-6H2,1-4H3;4-5H2,1-3H3;6H,4-5,8H2,1-3H3;6,9H,4-5H2,1-3H3;4-6H2,1-3H3. The van der Waals surface area contributed by atoms with Gasteiger partial charge in [-0.25, -0.2) is 13.6 Å². The number of methoxy groups -OCH3 is 2. The van der Waals surface area contributed by atoms with Crippen LogP contribution in [0.25, 0.3) is 0 Å². The highest BCUT2D eigenvalue weighted by Gasteiger charge is 2.48. The molecule has 1 amide bonds. The Labute approximate surface area is 569 Å². The lowest BCUT2D eigenvalue weighted by Gasteiger charge is -2.51. The Bertz CT molecular complexity index is 2020. The van der Waals surface area contributed by atoms with E-state index in [0.717, 1.165) is 91.6 Å². The summed E-state index contributed by atoms with van der Waals surface area (Å²) in [6.07, 6.45) is 1.60. The maximum absolute atomic E-state index is 12.3. The number of esters is 1. The van der Waals surface area contributed by atoms with Crippen molar-refractivity contribution in [2.45, 2.75) is 306 Å². The zero-order valence-corrected chi connectivity index (χ0v) is 65.9. The first kappa shape index (κ1) is 89.1. The fourth-order valence-corrected chi connectivity index (χ4v) is 10.4. The predicted molar refractivity (Wildman–Crippen MR) is 382 cm³/mol. The normalized spacial score (nSPS) is 22.8. The molecular weight excluding hydrogens is 1180 g/mol. The van der Waals surface area contributed by atoms with E-state index in [1.165, 1.54) is 26.6 Å². The number of halogens is 2. The van der Waals surface area contributed by atoms with Gasteiger partial charge in [-0.1, -0.05) is 13.8 Å². The number of aliphatic hydroxyl groups is 3. The molecule has 9 aliphatic rings. The lowest BCUT2D eigenvalue weighted by Crippen LogP contribution is -2.65. The lowest BCUT2D eigenvalue weighted by molar-refractivity contribution is -0.165. The molecule has 93 heavy (non-hydrogen) atoms. The number of rotatable bonds is 5. The number of ether oxygens (including phenoxy) is 3. The van der Waals surface area contributed by atoms with Crippen molar-refractivity contribution < 1.29 is 47.9 Å². The molecule has 0 bridgehead atoms. The average molecular weight is 1340 g/mol. The maximum atomic E-state index is 12.3. The van der Waals surface area contributed by atoms with Crippen molar-refractivity contribution in [1.82, 2.24) is 49.4 Å². The summed E-state index contributed by atoms with van der Waals surface area (Å²) in [6.45, 7) is 80.5. The summed E-state index contributed by atoms with van der Waals surface area (Å²) >= 11 is 0. The number of nitrogens with zero attached hydrogens (tertiary/aromatic N) is 9. The zero-order valence-electron chi connectivity index (χ0n) is 65.9. The van der Waals surface area contributed by atoms with Crippen LogP contribution in [0.15, 0.2) is 0 Å². The van der Waals surface area contributed by atoms with E-state index in [-0.39, 0.29) is 77.0 Å². The molecule has 9 rings (SSSR count). The molecule has 0 saturated carbocycles. The number of hydrogen-bond acceptors (Lipinski definition) is 18. The molecular formula is C72H149F2N11O8. The third-order valence-electron chi connectivity index (χ3n) is 18.5. The van der Waals surface area contributed by atoms with E-state index < -0.39 is 11.5 Å². The third-order valence-corrected chi connectivity index (χ3v) is 18.5. The number of likely N-dealkylation sites (tertiary alicyclic amines) is 9. The molecule has 0 unspecified atom stereocenters. The van der Waals surface area contributed by atoms with Crippen LogP contribution in [0.4, 0.5) is 13.6 Å². The second kappa shape index (κ2) is 35.4. The van der Waals surface area contributed by atoms with Crippen molar-refractivity contribution in [3.8, 4) is 0 Å². The first-order valence-electron chi connectivity index (χ1n) is 35.0. The number of alkyl carbamates (subject to hydrolysis) is 1. The molecule has 0 spiro atoms. The van der Waals surface area contributed by atoms with Crippen molar-refractivity contribution in [2.75, 3.05) is 139 Å². The van der Waals surface area contributed by atoms with Crippen LogP contribution in [0.3, 0.4) is 0 Å². The number of alkyl halides is 2. The summed E-state index contributed by atoms with van der Waals surface area (Å²) in [5.74, 6) is -1.98. The summed E-state index contributed by atoms with van der Waals surface area (Å²) in [4.78, 5) is 42.7. The van der Waals surface area contributed by atoms with Gasteiger partial charge in [0.05, 0.1) is 50.0 Å². The monoisotopic (exact) mass is 1330 g/mol. The van der Waals surface area contributed by atoms with E-state index in [1.807, 2.05) is 41.5 Å². The molecule has 6 N–H and O–H groups in total. The molecule has 0 radical (unpaired) electrons. The van der Waals surface area contributed by atoms with Gasteiger partial charge in [0.25, 0.3) is 5.92 Å². The van der Waals surface area contributed by atoms with Gasteiger partial charge in [0.15, 0.2) is 0 Å². The largest absolute Gasteiger partial charge is 0.459 e. The van der Waals surface area contributed by atoms with Crippen molar-refractivity contribution in [3.05, 3.63) is 0 Å². The Morgan fingerprint density at radius 1 is 0.495 bits per heavy atom. The molecule has 554 valence electrons. The van der Waals surface area contributed by atoms with Gasteiger partial charge < -0.3 is 40.6 Å². The second-order valence-electron chi connectivity index (χ2n) is 37.2. The van der Waals surface area contributed by atoms with Crippen LogP contribution in [-0.4, -0.2) is 302 Å². The summed E-state index contributed by atoms with van der Waals surface area (Å²) in [5.41, 5.74) is 7.36. The van der Waals surface area contributed by atoms with Crippen molar-refractivity contribution in [2.24, 2.45) is 17.6 Å². The minimum atomic E-state index is -2.42. The van der Waals surface area contributed by atoms with Crippen LogP contribution in [0.1, 0.15) is 214 Å². The molecule has 0 aromatic heterocycles. The first-order chi connectivity index (χ1) is 41.5. The summed E-state index contributed by atoms with van der Waals surface area (Å²) in [6, 6.07) is 0.691. The van der Waals surface area contributed by atoms with Gasteiger partial charge in [0, 0.05) is 167 Å². The number of carbonyl (C=O) groups excluding carboxylic acids is 2. The highest BCUT2D eigenvalue weighted by molar-refractivity contribution is 5.71.